The highest BCUT2D eigenvalue weighted by Gasteiger charge is 2.49. The Bertz CT molecular complexity index is 562. The molecule has 18 heavy (non-hydrogen) atoms. The molecular formula is C7H4BF3O5S2. The minimum Gasteiger partial charge on any atom is -0.465 e. The van der Waals surface area contributed by atoms with E-state index in [1.165, 1.54) is 0 Å². The third kappa shape index (κ3) is 2.78. The van der Waals surface area contributed by atoms with E-state index in [0.29, 0.717) is 11.3 Å². The molecule has 5 nitrogen and oxygen atoms in total. The molecule has 0 bridgehead atoms. The van der Waals surface area contributed by atoms with Crippen molar-refractivity contribution in [1.29, 1.82) is 0 Å². The van der Waals surface area contributed by atoms with E-state index in [1.807, 2.05) is 0 Å². The Hall–Kier alpha value is -1.23. The molecule has 0 saturated heterocycles. The summed E-state index contributed by atoms with van der Waals surface area (Å²) in [5.41, 5.74) is -6.03. The maximum absolute atomic E-state index is 12.1. The summed E-state index contributed by atoms with van der Waals surface area (Å²) in [6.07, 6.45) is 0. The molecule has 2 radical (unpaired) electrons. The first-order chi connectivity index (χ1) is 8.10. The highest BCUT2D eigenvalue weighted by atomic mass is 32.2. The van der Waals surface area contributed by atoms with Gasteiger partial charge in [0.2, 0.25) is 0 Å². The number of alkyl halides is 3. The Morgan fingerprint density at radius 2 is 2.00 bits per heavy atom. The van der Waals surface area contributed by atoms with Gasteiger partial charge in [0.15, 0.2) is 10.6 Å². The van der Waals surface area contributed by atoms with Crippen LogP contribution in [0, 0.1) is 0 Å². The lowest BCUT2D eigenvalue weighted by Crippen LogP contribution is -2.30. The van der Waals surface area contributed by atoms with Crippen molar-refractivity contribution in [2.75, 3.05) is 7.11 Å². The van der Waals surface area contributed by atoms with Gasteiger partial charge >= 0.3 is 21.6 Å². The summed E-state index contributed by atoms with van der Waals surface area (Å²) in [5.74, 6) is -1.94. The number of carbonyl (C=O) groups excluding carboxylic acids is 1. The maximum atomic E-state index is 12.1. The van der Waals surface area contributed by atoms with Crippen LogP contribution in [0.3, 0.4) is 0 Å². The standard InChI is InChI=1S/C7H4BF3O5S2/c1-15-6(12)5-4(3(8)2-17-5)16-18(13,14)7(9,10)11/h2H,1H3. The van der Waals surface area contributed by atoms with Crippen molar-refractivity contribution in [3.63, 3.8) is 0 Å². The first kappa shape index (κ1) is 14.8. The number of ether oxygens (including phenoxy) is 1. The first-order valence-corrected chi connectivity index (χ1v) is 6.35. The Balaban J connectivity index is 3.21. The molecule has 1 rings (SSSR count). The van der Waals surface area contributed by atoms with Crippen molar-refractivity contribution in [2.24, 2.45) is 0 Å². The van der Waals surface area contributed by atoms with Gasteiger partial charge in [0, 0.05) is 0 Å². The summed E-state index contributed by atoms with van der Waals surface area (Å²) < 4.78 is 66.0. The second kappa shape index (κ2) is 4.80. The molecule has 0 amide bonds. The van der Waals surface area contributed by atoms with Gasteiger partial charge in [-0.25, -0.2) is 4.79 Å². The average Bonchev–Trinajstić information content (AvgIpc) is 2.57. The molecule has 0 N–H and O–H groups in total. The molecule has 0 fully saturated rings. The van der Waals surface area contributed by atoms with Crippen LogP contribution < -0.4 is 9.65 Å². The third-order valence-corrected chi connectivity index (χ3v) is 3.53. The van der Waals surface area contributed by atoms with E-state index in [0.717, 1.165) is 12.5 Å². The van der Waals surface area contributed by atoms with Crippen LogP contribution in [0.15, 0.2) is 5.38 Å². The van der Waals surface area contributed by atoms with Gasteiger partial charge in [-0.3, -0.25) is 0 Å². The van der Waals surface area contributed by atoms with Crippen LogP contribution in [0.1, 0.15) is 9.67 Å². The van der Waals surface area contributed by atoms with Gasteiger partial charge in [0.25, 0.3) is 0 Å². The summed E-state index contributed by atoms with van der Waals surface area (Å²) in [5, 5.41) is 1.06. The highest BCUT2D eigenvalue weighted by molar-refractivity contribution is 7.88. The van der Waals surface area contributed by atoms with Crippen molar-refractivity contribution in [1.82, 2.24) is 0 Å². The van der Waals surface area contributed by atoms with Gasteiger partial charge in [-0.1, -0.05) is 0 Å². The monoisotopic (exact) mass is 300 g/mol. The summed E-state index contributed by atoms with van der Waals surface area (Å²) >= 11 is 0.604. The fraction of sp³-hybridized carbons (Fsp3) is 0.286. The molecule has 0 aliphatic heterocycles. The summed E-state index contributed by atoms with van der Waals surface area (Å²) in [4.78, 5) is 10.7. The predicted octanol–water partition coefficient (Wildman–Crippen LogP) is 0.557. The average molecular weight is 300 g/mol. The number of halogens is 3. The zero-order chi connectivity index (χ0) is 14.1. The molecule has 1 aromatic heterocycles. The van der Waals surface area contributed by atoms with E-state index in [2.05, 4.69) is 8.92 Å². The SMILES string of the molecule is [B]c1csc(C(=O)OC)c1OS(=O)(=O)C(F)(F)F. The molecule has 0 saturated carbocycles. The predicted molar refractivity (Wildman–Crippen MR) is 56.6 cm³/mol. The fourth-order valence-corrected chi connectivity index (χ4v) is 2.18. The Morgan fingerprint density at radius 3 is 2.44 bits per heavy atom. The maximum Gasteiger partial charge on any atom is 0.534 e. The van der Waals surface area contributed by atoms with E-state index >= 15 is 0 Å². The summed E-state index contributed by atoms with van der Waals surface area (Å²) in [6.45, 7) is 0. The first-order valence-electron chi connectivity index (χ1n) is 4.06. The van der Waals surface area contributed by atoms with E-state index in [9.17, 15) is 26.4 Å². The van der Waals surface area contributed by atoms with E-state index in [4.69, 9.17) is 7.85 Å². The number of hydrogen-bond donors (Lipinski definition) is 0. The Kier molecular flexibility index (Phi) is 3.96. The lowest BCUT2D eigenvalue weighted by Gasteiger charge is -2.10. The van der Waals surface area contributed by atoms with Gasteiger partial charge in [-0.2, -0.15) is 21.6 Å². The second-order valence-corrected chi connectivity index (χ2v) is 5.24. The van der Waals surface area contributed by atoms with Crippen LogP contribution in [0.5, 0.6) is 5.75 Å². The molecule has 0 aliphatic carbocycles. The molecule has 1 heterocycles. The number of rotatable bonds is 3. The molecule has 0 aliphatic rings. The highest BCUT2D eigenvalue weighted by Crippen LogP contribution is 2.30. The van der Waals surface area contributed by atoms with Gasteiger partial charge < -0.3 is 8.92 Å². The molecule has 0 unspecified atom stereocenters. The number of carbonyl (C=O) groups is 1. The molecule has 11 heteroatoms. The zero-order valence-corrected chi connectivity index (χ0v) is 10.3. The quantitative estimate of drug-likeness (QED) is 0.353. The minimum atomic E-state index is -5.89. The van der Waals surface area contributed by atoms with Crippen molar-refractivity contribution >= 4 is 40.7 Å². The lowest BCUT2D eigenvalue weighted by molar-refractivity contribution is -0.0500. The van der Waals surface area contributed by atoms with Crippen molar-refractivity contribution < 1.29 is 35.3 Å². The minimum absolute atomic E-state index is 0.409. The van der Waals surface area contributed by atoms with Crippen LogP contribution in [-0.2, 0) is 14.9 Å². The molecular weight excluding hydrogens is 296 g/mol. The zero-order valence-electron chi connectivity index (χ0n) is 8.65. The molecule has 0 atom stereocenters. The number of hydrogen-bond acceptors (Lipinski definition) is 6. The largest absolute Gasteiger partial charge is 0.534 e. The Morgan fingerprint density at radius 1 is 1.44 bits per heavy atom. The third-order valence-electron chi connectivity index (χ3n) is 1.62. The topological polar surface area (TPSA) is 69.7 Å². The molecule has 98 valence electrons. The molecule has 1 aromatic rings. The lowest BCUT2D eigenvalue weighted by atomic mass is 9.99. The van der Waals surface area contributed by atoms with Crippen molar-refractivity contribution in [3.8, 4) is 5.75 Å². The van der Waals surface area contributed by atoms with Crippen LogP contribution in [0.4, 0.5) is 13.2 Å². The summed E-state index contributed by atoms with van der Waals surface area (Å²) in [6, 6.07) is 0. The number of esters is 1. The van der Waals surface area contributed by atoms with E-state index in [-0.39, 0.29) is 0 Å². The van der Waals surface area contributed by atoms with E-state index in [1.54, 1.807) is 0 Å². The fourth-order valence-electron chi connectivity index (χ4n) is 0.837. The number of methoxy groups -OCH3 is 1. The van der Waals surface area contributed by atoms with Gasteiger partial charge in [-0.05, 0) is 10.8 Å². The number of thiophene rings is 1. The Labute approximate surface area is 105 Å². The van der Waals surface area contributed by atoms with Crippen LogP contribution >= 0.6 is 11.3 Å². The van der Waals surface area contributed by atoms with Crippen LogP contribution in [0.25, 0.3) is 0 Å². The summed E-state index contributed by atoms with van der Waals surface area (Å²) in [7, 11) is 0.314. The molecule has 0 aromatic carbocycles. The normalized spacial score (nSPS) is 12.2. The van der Waals surface area contributed by atoms with Gasteiger partial charge in [0.1, 0.15) is 7.85 Å². The van der Waals surface area contributed by atoms with Crippen LogP contribution in [0.2, 0.25) is 0 Å². The van der Waals surface area contributed by atoms with Crippen LogP contribution in [-0.4, -0.2) is 34.9 Å². The smallest absolute Gasteiger partial charge is 0.465 e. The van der Waals surface area contributed by atoms with Crippen molar-refractivity contribution in [2.45, 2.75) is 5.51 Å². The second-order valence-electron chi connectivity index (χ2n) is 2.82. The van der Waals surface area contributed by atoms with Gasteiger partial charge in [0.05, 0.1) is 7.11 Å². The molecule has 0 spiro atoms. The van der Waals surface area contributed by atoms with E-state index < -0.39 is 37.7 Å². The van der Waals surface area contributed by atoms with Gasteiger partial charge in [-0.15, -0.1) is 11.3 Å². The van der Waals surface area contributed by atoms with Crippen molar-refractivity contribution in [3.05, 3.63) is 10.3 Å².